The van der Waals surface area contributed by atoms with E-state index in [0.717, 1.165) is 30.0 Å². The zero-order valence-corrected chi connectivity index (χ0v) is 19.2. The van der Waals surface area contributed by atoms with Crippen LogP contribution in [0.4, 0.5) is 4.39 Å². The molecule has 1 aromatic rings. The molecule has 1 N–H and O–H groups in total. The van der Waals surface area contributed by atoms with E-state index in [-0.39, 0.29) is 23.9 Å². The van der Waals surface area contributed by atoms with Crippen molar-refractivity contribution in [3.63, 3.8) is 0 Å². The van der Waals surface area contributed by atoms with Crippen LogP contribution < -0.4 is 5.32 Å². The van der Waals surface area contributed by atoms with Gasteiger partial charge in [0.25, 0.3) is 5.91 Å². The molecule has 4 heterocycles. The maximum absolute atomic E-state index is 14.2. The molecule has 0 aromatic heterocycles. The van der Waals surface area contributed by atoms with E-state index in [0.29, 0.717) is 34.9 Å². The van der Waals surface area contributed by atoms with Gasteiger partial charge in [-0.2, -0.15) is 0 Å². The van der Waals surface area contributed by atoms with Crippen LogP contribution in [0, 0.1) is 25.1 Å². The number of rotatable bonds is 3. The quantitative estimate of drug-likeness (QED) is 0.726. The largest absolute Gasteiger partial charge is 0.349 e. The second-order valence-electron chi connectivity index (χ2n) is 9.56. The molecule has 0 spiro atoms. The zero-order valence-electron chi connectivity index (χ0n) is 19.2. The Balaban J connectivity index is 1.43. The van der Waals surface area contributed by atoms with E-state index < -0.39 is 0 Å². The second-order valence-corrected chi connectivity index (χ2v) is 9.56. The number of nitrogens with one attached hydrogen (secondary N) is 1. The number of nitrogens with zero attached hydrogens (tertiary/aromatic N) is 3. The van der Waals surface area contributed by atoms with Crippen molar-refractivity contribution < 1.29 is 9.18 Å². The minimum absolute atomic E-state index is 0.0885. The molecule has 0 bridgehead atoms. The number of allylic oxidation sites excluding steroid dienone is 1. The van der Waals surface area contributed by atoms with E-state index >= 15 is 0 Å². The Morgan fingerprint density at radius 1 is 1.39 bits per heavy atom. The molecule has 5 nitrogen and oxygen atoms in total. The second kappa shape index (κ2) is 7.64. The summed E-state index contributed by atoms with van der Waals surface area (Å²) in [6, 6.07) is 5.50. The first kappa shape index (κ1) is 21.5. The van der Waals surface area contributed by atoms with E-state index in [9.17, 15) is 9.18 Å². The Bertz CT molecular complexity index is 1190. The summed E-state index contributed by atoms with van der Waals surface area (Å²) in [4.78, 5) is 20.1. The van der Waals surface area contributed by atoms with Gasteiger partial charge in [0.1, 0.15) is 11.5 Å². The van der Waals surface area contributed by atoms with Crippen molar-refractivity contribution in [3.05, 3.63) is 82.6 Å². The van der Waals surface area contributed by atoms with E-state index in [2.05, 4.69) is 46.0 Å². The average Bonchev–Trinajstić information content (AvgIpc) is 3.35. The molecule has 2 unspecified atom stereocenters. The normalized spacial score (nSPS) is 26.6. The predicted octanol–water partition coefficient (Wildman–Crippen LogP) is 3.42. The van der Waals surface area contributed by atoms with Crippen LogP contribution in [-0.4, -0.2) is 51.9 Å². The van der Waals surface area contributed by atoms with Crippen molar-refractivity contribution in [1.82, 2.24) is 20.0 Å². The number of amides is 1. The molecule has 170 valence electrons. The summed E-state index contributed by atoms with van der Waals surface area (Å²) in [5.41, 5.74) is 4.28. The minimum atomic E-state index is -0.333. The molecule has 4 aliphatic heterocycles. The molecule has 3 fully saturated rings. The van der Waals surface area contributed by atoms with Crippen LogP contribution in [0.15, 0.2) is 65.7 Å². The number of benzene rings is 1. The van der Waals surface area contributed by atoms with E-state index in [4.69, 9.17) is 6.42 Å². The molecule has 5 rings (SSSR count). The van der Waals surface area contributed by atoms with Crippen molar-refractivity contribution >= 4 is 5.91 Å². The Labute approximate surface area is 194 Å². The number of terminal acetylenes is 1. The summed E-state index contributed by atoms with van der Waals surface area (Å²) >= 11 is 0. The van der Waals surface area contributed by atoms with E-state index in [1.54, 1.807) is 6.07 Å². The van der Waals surface area contributed by atoms with E-state index in [1.165, 1.54) is 18.9 Å². The lowest BCUT2D eigenvalue weighted by Crippen LogP contribution is -2.61. The number of hydrogen-bond acceptors (Lipinski definition) is 4. The highest BCUT2D eigenvalue weighted by Gasteiger charge is 2.55. The van der Waals surface area contributed by atoms with Gasteiger partial charge in [0, 0.05) is 37.4 Å². The van der Waals surface area contributed by atoms with Gasteiger partial charge in [0.05, 0.1) is 29.1 Å². The van der Waals surface area contributed by atoms with E-state index in [1.807, 2.05) is 19.2 Å². The number of aryl methyl sites for hydroxylation is 1. The van der Waals surface area contributed by atoms with Crippen LogP contribution in [0.2, 0.25) is 0 Å². The van der Waals surface area contributed by atoms with Gasteiger partial charge in [-0.15, -0.1) is 6.42 Å². The van der Waals surface area contributed by atoms with Crippen LogP contribution >= 0.6 is 0 Å². The van der Waals surface area contributed by atoms with Crippen LogP contribution in [0.3, 0.4) is 0 Å². The number of fused-ring (bicyclic) bond motifs is 4. The standard InChI is InChI=1S/C27H29FN4O/c1-6-22-18(3)23(26(33)29-13-20-10-9-17(2)12-24(20)28)15-30-16-27(5)31-11-7-8-21(31)14-32(27)19(4)25(22)30/h1,9-10,12,15,21H,3-4,7-8,11,13-14,16H2,2,5H3,(H,29,33). The number of carbonyl (C=O) groups is 1. The third kappa shape index (κ3) is 3.22. The molecule has 0 saturated carbocycles. The Kier molecular flexibility index (Phi) is 4.98. The zero-order chi connectivity index (χ0) is 23.5. The SMILES string of the molecule is C#CC1=C2C(=C)N3CC4CCCN4C3(C)CN2C=C(C(=O)NCc2ccc(C)cc2F)C1=C. The first-order valence-electron chi connectivity index (χ1n) is 11.4. The molecule has 1 aromatic carbocycles. The van der Waals surface area contributed by atoms with Gasteiger partial charge in [-0.1, -0.05) is 31.2 Å². The maximum atomic E-state index is 14.2. The number of halogens is 1. The maximum Gasteiger partial charge on any atom is 0.253 e. The fraction of sp³-hybridized carbons (Fsp3) is 0.370. The van der Waals surface area contributed by atoms with Crippen LogP contribution in [0.1, 0.15) is 30.9 Å². The Morgan fingerprint density at radius 2 is 2.18 bits per heavy atom. The van der Waals surface area contributed by atoms with Gasteiger partial charge >= 0.3 is 0 Å². The molecule has 2 atom stereocenters. The first-order chi connectivity index (χ1) is 15.7. The fourth-order valence-corrected chi connectivity index (χ4v) is 5.82. The summed E-state index contributed by atoms with van der Waals surface area (Å²) in [6.45, 7) is 15.4. The number of hydrogen-bond donors (Lipinski definition) is 1. The highest BCUT2D eigenvalue weighted by molar-refractivity contribution is 6.00. The molecule has 3 saturated heterocycles. The third-order valence-corrected chi connectivity index (χ3v) is 7.51. The number of piperazine rings is 1. The van der Waals surface area contributed by atoms with Crippen molar-refractivity contribution in [2.75, 3.05) is 19.6 Å². The van der Waals surface area contributed by atoms with Gasteiger partial charge in [-0.25, -0.2) is 4.39 Å². The molecule has 0 radical (unpaired) electrons. The predicted molar refractivity (Wildman–Crippen MR) is 127 cm³/mol. The van der Waals surface area contributed by atoms with Gasteiger partial charge in [-0.3, -0.25) is 9.69 Å². The van der Waals surface area contributed by atoms with Crippen LogP contribution in [-0.2, 0) is 11.3 Å². The monoisotopic (exact) mass is 444 g/mol. The molecule has 1 amide bonds. The average molecular weight is 445 g/mol. The summed E-state index contributed by atoms with van der Waals surface area (Å²) in [5.74, 6) is 2.10. The van der Waals surface area contributed by atoms with Crippen LogP contribution in [0.5, 0.6) is 0 Å². The minimum Gasteiger partial charge on any atom is -0.349 e. The van der Waals surface area contributed by atoms with Crippen molar-refractivity contribution in [2.24, 2.45) is 0 Å². The van der Waals surface area contributed by atoms with Gasteiger partial charge < -0.3 is 15.1 Å². The van der Waals surface area contributed by atoms with Crippen molar-refractivity contribution in [1.29, 1.82) is 0 Å². The van der Waals surface area contributed by atoms with Crippen molar-refractivity contribution in [3.8, 4) is 12.3 Å². The molecule has 6 heteroatoms. The molecular formula is C27H29FN4O. The molecule has 0 aliphatic carbocycles. The third-order valence-electron chi connectivity index (χ3n) is 7.51. The fourth-order valence-electron chi connectivity index (χ4n) is 5.82. The molecule has 33 heavy (non-hydrogen) atoms. The Morgan fingerprint density at radius 3 is 2.91 bits per heavy atom. The summed E-state index contributed by atoms with van der Waals surface area (Å²) in [5, 5.41) is 2.83. The molecule has 4 aliphatic rings. The smallest absolute Gasteiger partial charge is 0.253 e. The van der Waals surface area contributed by atoms with Gasteiger partial charge in [-0.05, 0) is 43.9 Å². The topological polar surface area (TPSA) is 38.8 Å². The van der Waals surface area contributed by atoms with Gasteiger partial charge in [0.2, 0.25) is 0 Å². The highest BCUT2D eigenvalue weighted by atomic mass is 19.1. The summed E-state index contributed by atoms with van der Waals surface area (Å²) < 4.78 is 14.2. The van der Waals surface area contributed by atoms with Crippen LogP contribution in [0.25, 0.3) is 0 Å². The highest BCUT2D eigenvalue weighted by Crippen LogP contribution is 2.47. The van der Waals surface area contributed by atoms with Crippen molar-refractivity contribution in [2.45, 2.75) is 44.9 Å². The summed E-state index contributed by atoms with van der Waals surface area (Å²) in [7, 11) is 0. The molecular weight excluding hydrogens is 415 g/mol. The lowest BCUT2D eigenvalue weighted by molar-refractivity contribution is -0.117. The summed E-state index contributed by atoms with van der Waals surface area (Å²) in [6.07, 6.45) is 10.1. The lowest BCUT2D eigenvalue weighted by Gasteiger charge is -2.52. The number of carbonyl (C=O) groups excluding carboxylic acids is 1. The lowest BCUT2D eigenvalue weighted by atomic mass is 9.90. The Hall–Kier alpha value is -3.30. The van der Waals surface area contributed by atoms with Gasteiger partial charge in [0.15, 0.2) is 0 Å². The first-order valence-corrected chi connectivity index (χ1v) is 11.4.